The summed E-state index contributed by atoms with van der Waals surface area (Å²) in [6, 6.07) is 5.34. The van der Waals surface area contributed by atoms with Gasteiger partial charge >= 0.3 is 0 Å². The predicted molar refractivity (Wildman–Crippen MR) is 83.0 cm³/mol. The highest BCUT2D eigenvalue weighted by Crippen LogP contribution is 2.26. The summed E-state index contributed by atoms with van der Waals surface area (Å²) in [6.07, 6.45) is 0.410. The van der Waals surface area contributed by atoms with Crippen LogP contribution in [0.1, 0.15) is 42.4 Å². The second kappa shape index (κ2) is 5.98. The maximum atomic E-state index is 12.1. The minimum atomic E-state index is -0.0920. The third-order valence-electron chi connectivity index (χ3n) is 3.18. The lowest BCUT2D eigenvalue weighted by Crippen LogP contribution is -2.20. The average Bonchev–Trinajstić information content (AvgIpc) is 2.32. The molecular weight excluding hydrogens is 295 g/mol. The molecule has 0 amide bonds. The van der Waals surface area contributed by atoms with Crippen molar-refractivity contribution in [1.29, 1.82) is 0 Å². The van der Waals surface area contributed by atoms with Gasteiger partial charge in [0.1, 0.15) is 5.82 Å². The predicted octanol–water partition coefficient (Wildman–Crippen LogP) is 4.10. The van der Waals surface area contributed by atoms with E-state index in [1.807, 2.05) is 20.8 Å². The Morgan fingerprint density at radius 3 is 2.35 bits per heavy atom. The molecule has 2 rings (SSSR count). The van der Waals surface area contributed by atoms with E-state index in [1.165, 1.54) is 0 Å². The highest BCUT2D eigenvalue weighted by atomic mass is 35.5. The number of H-pyrrole nitrogens is 1. The summed E-state index contributed by atoms with van der Waals surface area (Å²) in [5, 5.41) is 1.15. The minimum absolute atomic E-state index is 0.0920. The number of halogens is 2. The van der Waals surface area contributed by atoms with Crippen molar-refractivity contribution in [1.82, 2.24) is 9.97 Å². The van der Waals surface area contributed by atoms with E-state index in [-0.39, 0.29) is 11.5 Å². The van der Waals surface area contributed by atoms with Crippen LogP contribution in [0.15, 0.2) is 23.0 Å². The van der Waals surface area contributed by atoms with Crippen molar-refractivity contribution in [3.63, 3.8) is 0 Å². The highest BCUT2D eigenvalue weighted by Gasteiger charge is 2.13. The molecule has 20 heavy (non-hydrogen) atoms. The molecule has 3 nitrogen and oxygen atoms in total. The summed E-state index contributed by atoms with van der Waals surface area (Å²) < 4.78 is 0. The van der Waals surface area contributed by atoms with Crippen LogP contribution in [-0.4, -0.2) is 9.97 Å². The molecule has 1 N–H and O–H groups in total. The monoisotopic (exact) mass is 310 g/mol. The van der Waals surface area contributed by atoms with Crippen LogP contribution in [0, 0.1) is 6.92 Å². The summed E-state index contributed by atoms with van der Waals surface area (Å²) in [4.78, 5) is 19.4. The molecule has 0 atom stereocenters. The van der Waals surface area contributed by atoms with E-state index in [4.69, 9.17) is 23.2 Å². The number of aromatic nitrogens is 2. The quantitative estimate of drug-likeness (QED) is 0.927. The summed E-state index contributed by atoms with van der Waals surface area (Å²) >= 11 is 12.3. The van der Waals surface area contributed by atoms with E-state index in [9.17, 15) is 4.79 Å². The van der Waals surface area contributed by atoms with E-state index in [1.54, 1.807) is 18.2 Å². The molecule has 1 aromatic carbocycles. The number of aryl methyl sites for hydroxylation is 1. The van der Waals surface area contributed by atoms with Crippen LogP contribution in [0.25, 0.3) is 0 Å². The van der Waals surface area contributed by atoms with Gasteiger partial charge in [0, 0.05) is 27.7 Å². The summed E-state index contributed by atoms with van der Waals surface area (Å²) in [6.45, 7) is 5.80. The number of hydrogen-bond acceptors (Lipinski definition) is 2. The normalized spacial score (nSPS) is 11.1. The number of hydrogen-bond donors (Lipinski definition) is 1. The summed E-state index contributed by atoms with van der Waals surface area (Å²) in [5.74, 6) is 0.719. The van der Waals surface area contributed by atoms with Gasteiger partial charge in [-0.25, -0.2) is 4.98 Å². The Morgan fingerprint density at radius 2 is 1.85 bits per heavy atom. The molecule has 0 saturated heterocycles. The van der Waals surface area contributed by atoms with E-state index in [2.05, 4.69) is 9.97 Å². The molecule has 0 spiro atoms. The van der Waals surface area contributed by atoms with Crippen molar-refractivity contribution in [2.75, 3.05) is 0 Å². The topological polar surface area (TPSA) is 45.8 Å². The first-order chi connectivity index (χ1) is 9.40. The molecule has 0 fully saturated rings. The van der Waals surface area contributed by atoms with Crippen molar-refractivity contribution >= 4 is 23.2 Å². The van der Waals surface area contributed by atoms with E-state index in [0.717, 1.165) is 16.8 Å². The Labute approximate surface area is 128 Å². The molecule has 0 bridgehead atoms. The van der Waals surface area contributed by atoms with Gasteiger partial charge in [0.2, 0.25) is 0 Å². The largest absolute Gasteiger partial charge is 0.310 e. The second-order valence-corrected chi connectivity index (χ2v) is 5.86. The first-order valence-corrected chi connectivity index (χ1v) is 7.18. The van der Waals surface area contributed by atoms with Crippen LogP contribution in [0.4, 0.5) is 0 Å². The van der Waals surface area contributed by atoms with Gasteiger partial charge in [-0.15, -0.1) is 0 Å². The Hall–Kier alpha value is -1.32. The fraction of sp³-hybridized carbons (Fsp3) is 0.333. The van der Waals surface area contributed by atoms with Crippen molar-refractivity contribution in [3.05, 3.63) is 61.2 Å². The van der Waals surface area contributed by atoms with Gasteiger partial charge in [0.25, 0.3) is 5.56 Å². The number of benzene rings is 1. The molecule has 0 unspecified atom stereocenters. The molecule has 0 radical (unpaired) electrons. The van der Waals surface area contributed by atoms with Crippen LogP contribution in [-0.2, 0) is 6.42 Å². The SMILES string of the molecule is Cc1nc(Cc2c(Cl)cccc2Cl)[nH]c(=O)c1C(C)C. The van der Waals surface area contributed by atoms with Crippen LogP contribution in [0.5, 0.6) is 0 Å². The molecule has 2 aromatic rings. The Balaban J connectivity index is 2.43. The lowest BCUT2D eigenvalue weighted by atomic mass is 10.0. The third kappa shape index (κ3) is 3.05. The van der Waals surface area contributed by atoms with Gasteiger partial charge in [0.05, 0.1) is 0 Å². The van der Waals surface area contributed by atoms with Crippen molar-refractivity contribution < 1.29 is 0 Å². The van der Waals surface area contributed by atoms with Gasteiger partial charge in [-0.2, -0.15) is 0 Å². The zero-order valence-corrected chi connectivity index (χ0v) is 13.1. The Bertz CT molecular complexity index is 673. The van der Waals surface area contributed by atoms with Crippen LogP contribution >= 0.6 is 23.2 Å². The first kappa shape index (κ1) is 15.1. The number of aromatic amines is 1. The van der Waals surface area contributed by atoms with E-state index >= 15 is 0 Å². The zero-order chi connectivity index (χ0) is 14.9. The Kier molecular flexibility index (Phi) is 4.51. The molecule has 106 valence electrons. The standard InChI is InChI=1S/C15H16Cl2N2O/c1-8(2)14-9(3)18-13(19-15(14)20)7-10-11(16)5-4-6-12(10)17/h4-6,8H,7H2,1-3H3,(H,18,19,20). The van der Waals surface area contributed by atoms with E-state index in [0.29, 0.717) is 22.3 Å². The van der Waals surface area contributed by atoms with Gasteiger partial charge in [0.15, 0.2) is 0 Å². The van der Waals surface area contributed by atoms with Gasteiger partial charge in [-0.05, 0) is 30.5 Å². The molecule has 5 heteroatoms. The molecule has 1 aromatic heterocycles. The fourth-order valence-corrected chi connectivity index (χ4v) is 2.82. The minimum Gasteiger partial charge on any atom is -0.310 e. The summed E-state index contributed by atoms with van der Waals surface area (Å²) in [5.41, 5.74) is 2.15. The number of nitrogens with one attached hydrogen (secondary N) is 1. The lowest BCUT2D eigenvalue weighted by molar-refractivity contribution is 0.791. The fourth-order valence-electron chi connectivity index (χ4n) is 2.29. The van der Waals surface area contributed by atoms with Crippen molar-refractivity contribution in [2.24, 2.45) is 0 Å². The number of nitrogens with zero attached hydrogens (tertiary/aromatic N) is 1. The smallest absolute Gasteiger partial charge is 0.254 e. The van der Waals surface area contributed by atoms with Gasteiger partial charge in [-0.3, -0.25) is 4.79 Å². The van der Waals surface area contributed by atoms with Crippen LogP contribution in [0.2, 0.25) is 10.0 Å². The third-order valence-corrected chi connectivity index (χ3v) is 3.89. The first-order valence-electron chi connectivity index (χ1n) is 6.42. The Morgan fingerprint density at radius 1 is 1.25 bits per heavy atom. The average molecular weight is 311 g/mol. The molecule has 1 heterocycles. The molecule has 0 saturated carbocycles. The highest BCUT2D eigenvalue weighted by molar-refractivity contribution is 6.36. The number of rotatable bonds is 3. The zero-order valence-electron chi connectivity index (χ0n) is 11.6. The van der Waals surface area contributed by atoms with Gasteiger partial charge in [-0.1, -0.05) is 43.1 Å². The van der Waals surface area contributed by atoms with Crippen molar-refractivity contribution in [3.8, 4) is 0 Å². The maximum Gasteiger partial charge on any atom is 0.254 e. The summed E-state index contributed by atoms with van der Waals surface area (Å²) in [7, 11) is 0. The second-order valence-electron chi connectivity index (χ2n) is 5.04. The molecule has 0 aliphatic rings. The lowest BCUT2D eigenvalue weighted by Gasteiger charge is -2.11. The maximum absolute atomic E-state index is 12.1. The van der Waals surface area contributed by atoms with E-state index < -0.39 is 0 Å². The molecular formula is C15H16Cl2N2O. The van der Waals surface area contributed by atoms with Crippen LogP contribution < -0.4 is 5.56 Å². The van der Waals surface area contributed by atoms with Gasteiger partial charge < -0.3 is 4.98 Å². The van der Waals surface area contributed by atoms with Crippen LogP contribution in [0.3, 0.4) is 0 Å². The molecule has 0 aliphatic carbocycles. The molecule has 0 aliphatic heterocycles. The van der Waals surface area contributed by atoms with Crippen molar-refractivity contribution in [2.45, 2.75) is 33.1 Å².